The molecule has 0 radical (unpaired) electrons. The summed E-state index contributed by atoms with van der Waals surface area (Å²) in [5.41, 5.74) is 7.98. The summed E-state index contributed by atoms with van der Waals surface area (Å²) in [5.74, 6) is -0.0236. The molecule has 1 heterocycles. The molecule has 0 aliphatic carbocycles. The number of hydrogen-bond acceptors (Lipinski definition) is 5. The molecule has 0 aliphatic heterocycles. The van der Waals surface area contributed by atoms with E-state index in [4.69, 9.17) is 24.4 Å². The van der Waals surface area contributed by atoms with Gasteiger partial charge in [0.25, 0.3) is 0 Å². The highest BCUT2D eigenvalue weighted by Gasteiger charge is 2.17. The highest BCUT2D eigenvalue weighted by atomic mass is 32.1. The first-order valence-corrected chi connectivity index (χ1v) is 7.78. The normalized spacial score (nSPS) is 13.0. The van der Waals surface area contributed by atoms with Crippen LogP contribution in [0.25, 0.3) is 0 Å². The predicted molar refractivity (Wildman–Crippen MR) is 103 cm³/mol. The van der Waals surface area contributed by atoms with Crippen LogP contribution in [0.15, 0.2) is 34.7 Å². The molecule has 7 nitrogen and oxygen atoms in total. The number of nitrogens with zero attached hydrogens (tertiary/aromatic N) is 3. The summed E-state index contributed by atoms with van der Waals surface area (Å²) in [7, 11) is 3.45. The van der Waals surface area contributed by atoms with Gasteiger partial charge in [0.15, 0.2) is 10.2 Å². The molecule has 0 bridgehead atoms. The molecule has 1 atom stereocenters. The molecule has 0 saturated carbocycles. The lowest BCUT2D eigenvalue weighted by Gasteiger charge is -2.15. The van der Waals surface area contributed by atoms with Crippen LogP contribution in [-0.2, 0) is 0 Å². The van der Waals surface area contributed by atoms with E-state index in [1.54, 1.807) is 26.5 Å². The van der Waals surface area contributed by atoms with E-state index >= 15 is 0 Å². The molecule has 1 aromatic heterocycles. The van der Waals surface area contributed by atoms with Gasteiger partial charge < -0.3 is 10.6 Å². The standard InChI is InChI=1S/C14H21N7S2/c1-9(11-6-5-7-17-8-11)12(19-21-14(23)16-4)10(2)18-20-13(22)15-3/h5-9H,1-4H3,(H2,15,20,22)(H2,16,21,23)/b18-10+,19-12-. The Morgan fingerprint density at radius 1 is 1.13 bits per heavy atom. The summed E-state index contributed by atoms with van der Waals surface area (Å²) >= 11 is 10.1. The van der Waals surface area contributed by atoms with Crippen LogP contribution in [0.1, 0.15) is 25.3 Å². The van der Waals surface area contributed by atoms with Gasteiger partial charge in [0, 0.05) is 32.4 Å². The summed E-state index contributed by atoms with van der Waals surface area (Å²) in [6.07, 6.45) is 3.53. The fourth-order valence-electron chi connectivity index (χ4n) is 1.70. The van der Waals surface area contributed by atoms with Gasteiger partial charge in [-0.2, -0.15) is 10.2 Å². The fourth-order valence-corrected chi connectivity index (χ4v) is 1.79. The summed E-state index contributed by atoms with van der Waals surface area (Å²) < 4.78 is 0. The maximum Gasteiger partial charge on any atom is 0.186 e. The lowest BCUT2D eigenvalue weighted by molar-refractivity contribution is 0.927. The first-order valence-electron chi connectivity index (χ1n) is 6.97. The molecule has 0 fully saturated rings. The van der Waals surface area contributed by atoms with E-state index in [1.807, 2.05) is 26.0 Å². The van der Waals surface area contributed by atoms with E-state index in [0.29, 0.717) is 15.9 Å². The molecule has 0 amide bonds. The second-order valence-electron chi connectivity index (χ2n) is 4.58. The van der Waals surface area contributed by atoms with E-state index in [2.05, 4.69) is 36.7 Å². The monoisotopic (exact) mass is 351 g/mol. The third kappa shape index (κ3) is 6.25. The van der Waals surface area contributed by atoms with Crippen LogP contribution in [-0.4, -0.2) is 40.7 Å². The average molecular weight is 352 g/mol. The Kier molecular flexibility index (Phi) is 8.06. The molecular weight excluding hydrogens is 330 g/mol. The molecule has 9 heteroatoms. The van der Waals surface area contributed by atoms with Gasteiger partial charge >= 0.3 is 0 Å². The zero-order valence-electron chi connectivity index (χ0n) is 13.5. The van der Waals surface area contributed by atoms with Crippen molar-refractivity contribution in [2.24, 2.45) is 10.2 Å². The number of pyridine rings is 1. The summed E-state index contributed by atoms with van der Waals surface area (Å²) in [6, 6.07) is 3.87. The predicted octanol–water partition coefficient (Wildman–Crippen LogP) is 1.10. The topological polar surface area (TPSA) is 85.7 Å². The molecule has 4 N–H and O–H groups in total. The maximum atomic E-state index is 5.06. The van der Waals surface area contributed by atoms with Crippen LogP contribution in [0.4, 0.5) is 0 Å². The lowest BCUT2D eigenvalue weighted by Crippen LogP contribution is -2.33. The number of aromatic nitrogens is 1. The van der Waals surface area contributed by atoms with Gasteiger partial charge in [0.2, 0.25) is 0 Å². The van der Waals surface area contributed by atoms with Crippen LogP contribution in [0.2, 0.25) is 0 Å². The Labute approximate surface area is 147 Å². The van der Waals surface area contributed by atoms with Crippen LogP contribution < -0.4 is 21.5 Å². The minimum Gasteiger partial charge on any atom is -0.364 e. The maximum absolute atomic E-state index is 5.06. The molecule has 23 heavy (non-hydrogen) atoms. The zero-order chi connectivity index (χ0) is 17.2. The van der Waals surface area contributed by atoms with Crippen molar-refractivity contribution in [3.63, 3.8) is 0 Å². The minimum absolute atomic E-state index is 0.0236. The Hall–Kier alpha value is -2.13. The van der Waals surface area contributed by atoms with E-state index in [0.717, 1.165) is 11.3 Å². The SMILES string of the molecule is CNC(=S)N/N=C(\C(C)=N\NC(=S)NC)C(C)c1cccnc1. The molecule has 0 aliphatic rings. The van der Waals surface area contributed by atoms with Gasteiger partial charge in [-0.15, -0.1) is 0 Å². The van der Waals surface area contributed by atoms with Gasteiger partial charge in [0.1, 0.15) is 0 Å². The Morgan fingerprint density at radius 2 is 1.74 bits per heavy atom. The van der Waals surface area contributed by atoms with Crippen molar-refractivity contribution in [1.82, 2.24) is 26.5 Å². The van der Waals surface area contributed by atoms with Gasteiger partial charge in [-0.25, -0.2) is 0 Å². The molecular formula is C14H21N7S2. The third-order valence-corrected chi connectivity index (χ3v) is 3.61. The van der Waals surface area contributed by atoms with Gasteiger partial charge in [0.05, 0.1) is 11.4 Å². The minimum atomic E-state index is -0.0236. The molecule has 124 valence electrons. The van der Waals surface area contributed by atoms with Crippen LogP contribution >= 0.6 is 24.4 Å². The highest BCUT2D eigenvalue weighted by molar-refractivity contribution is 7.80. The second kappa shape index (κ2) is 9.80. The van der Waals surface area contributed by atoms with Crippen molar-refractivity contribution in [2.75, 3.05) is 14.1 Å². The van der Waals surface area contributed by atoms with E-state index in [1.165, 1.54) is 0 Å². The lowest BCUT2D eigenvalue weighted by atomic mass is 9.95. The molecule has 0 saturated heterocycles. The zero-order valence-corrected chi connectivity index (χ0v) is 15.2. The van der Waals surface area contributed by atoms with E-state index in [9.17, 15) is 0 Å². The van der Waals surface area contributed by atoms with Crippen molar-refractivity contribution < 1.29 is 0 Å². The van der Waals surface area contributed by atoms with Crippen molar-refractivity contribution >= 4 is 46.1 Å². The summed E-state index contributed by atoms with van der Waals surface area (Å²) in [6.45, 7) is 3.87. The van der Waals surface area contributed by atoms with Gasteiger partial charge in [-0.1, -0.05) is 13.0 Å². The van der Waals surface area contributed by atoms with Crippen molar-refractivity contribution in [1.29, 1.82) is 0 Å². The van der Waals surface area contributed by atoms with Crippen LogP contribution in [0.5, 0.6) is 0 Å². The van der Waals surface area contributed by atoms with Crippen molar-refractivity contribution in [2.45, 2.75) is 19.8 Å². The first-order chi connectivity index (χ1) is 11.0. The number of rotatable bonds is 5. The Morgan fingerprint density at radius 3 is 2.26 bits per heavy atom. The molecule has 1 aromatic rings. The number of hydrazone groups is 2. The summed E-state index contributed by atoms with van der Waals surface area (Å²) in [5, 5.41) is 15.1. The largest absolute Gasteiger partial charge is 0.364 e. The fraction of sp³-hybridized carbons (Fsp3) is 0.357. The summed E-state index contributed by atoms with van der Waals surface area (Å²) in [4.78, 5) is 4.15. The molecule has 1 unspecified atom stereocenters. The van der Waals surface area contributed by atoms with Crippen LogP contribution in [0.3, 0.4) is 0 Å². The number of nitrogens with one attached hydrogen (secondary N) is 4. The van der Waals surface area contributed by atoms with Gasteiger partial charge in [-0.05, 0) is 43.0 Å². The van der Waals surface area contributed by atoms with E-state index < -0.39 is 0 Å². The van der Waals surface area contributed by atoms with E-state index in [-0.39, 0.29) is 5.92 Å². The molecule has 1 rings (SSSR count). The number of thiocarbonyl (C=S) groups is 2. The van der Waals surface area contributed by atoms with Crippen molar-refractivity contribution in [3.8, 4) is 0 Å². The number of hydrogen-bond donors (Lipinski definition) is 4. The molecule has 0 spiro atoms. The third-order valence-electron chi connectivity index (χ3n) is 3.02. The quantitative estimate of drug-likeness (QED) is 0.359. The highest BCUT2D eigenvalue weighted by Crippen LogP contribution is 2.16. The second-order valence-corrected chi connectivity index (χ2v) is 5.40. The first kappa shape index (κ1) is 18.9. The molecule has 0 aromatic carbocycles. The smallest absolute Gasteiger partial charge is 0.186 e. The van der Waals surface area contributed by atoms with Crippen molar-refractivity contribution in [3.05, 3.63) is 30.1 Å². The van der Waals surface area contributed by atoms with Crippen LogP contribution in [0, 0.1) is 0 Å². The Bertz CT molecular complexity index is 598. The Balaban J connectivity index is 3.06. The average Bonchev–Trinajstić information content (AvgIpc) is 2.59. The van der Waals surface area contributed by atoms with Gasteiger partial charge in [-0.3, -0.25) is 15.8 Å².